The molecule has 0 saturated carbocycles. The van der Waals surface area contributed by atoms with Gasteiger partial charge in [-0.3, -0.25) is 14.5 Å². The summed E-state index contributed by atoms with van der Waals surface area (Å²) in [6, 6.07) is 8.90. The second-order valence-electron chi connectivity index (χ2n) is 10.2. The Morgan fingerprint density at radius 1 is 1.05 bits per heavy atom. The number of piperazine rings is 1. The Morgan fingerprint density at radius 3 is 2.29 bits per heavy atom. The zero-order valence-electron chi connectivity index (χ0n) is 22.8. The van der Waals surface area contributed by atoms with Crippen LogP contribution in [0.15, 0.2) is 48.5 Å². The number of carbonyl (C=O) groups excluding carboxylic acids is 2. The summed E-state index contributed by atoms with van der Waals surface area (Å²) in [5.74, 6) is -4.86. The standard InChI is InChI=1S/C29H28ClF4N5O3/c1-37-9-11-38(12-10-37)23-8-7-19(26(33)34)27(35-23)39-15-20(24-21(31)13-18(42-2)14-22(24)32)25(29(39)41)36-28(40)16-3-5-17(30)6-4-16/h3-8,13-14,20,25-26H,9-12,15H2,1-2H3,(H,36,40)/t20-,25-/m0/s1. The number of nitrogens with zero attached hydrogens (tertiary/aromatic N) is 4. The zero-order chi connectivity index (χ0) is 30.1. The number of amides is 2. The molecule has 0 aliphatic carbocycles. The van der Waals surface area contributed by atoms with Gasteiger partial charge in [-0.05, 0) is 43.4 Å². The van der Waals surface area contributed by atoms with Crippen LogP contribution in [0, 0.1) is 11.6 Å². The average molecular weight is 606 g/mol. The maximum atomic E-state index is 15.3. The number of aromatic nitrogens is 1. The molecule has 1 aromatic heterocycles. The second kappa shape index (κ2) is 12.1. The third kappa shape index (κ3) is 5.86. The van der Waals surface area contributed by atoms with Crippen molar-refractivity contribution in [1.29, 1.82) is 0 Å². The van der Waals surface area contributed by atoms with Crippen LogP contribution in [0.1, 0.15) is 33.8 Å². The minimum Gasteiger partial charge on any atom is -0.497 e. The number of methoxy groups -OCH3 is 1. The van der Waals surface area contributed by atoms with Crippen molar-refractivity contribution < 1.29 is 31.9 Å². The van der Waals surface area contributed by atoms with Crippen LogP contribution >= 0.6 is 11.6 Å². The van der Waals surface area contributed by atoms with Crippen LogP contribution in [-0.4, -0.2) is 74.6 Å². The van der Waals surface area contributed by atoms with E-state index in [1.807, 2.05) is 11.9 Å². The van der Waals surface area contributed by atoms with Gasteiger partial charge in [0.2, 0.25) is 0 Å². The highest BCUT2D eigenvalue weighted by Crippen LogP contribution is 2.39. The Bertz CT molecular complexity index is 1460. The molecular formula is C29H28ClF4N5O3. The number of nitrogens with one attached hydrogen (secondary N) is 1. The van der Waals surface area contributed by atoms with Crippen LogP contribution < -0.4 is 19.9 Å². The van der Waals surface area contributed by atoms with Gasteiger partial charge in [0.05, 0.1) is 12.7 Å². The number of alkyl halides is 2. The minimum absolute atomic E-state index is 0.0850. The van der Waals surface area contributed by atoms with Crippen molar-refractivity contribution in [3.8, 4) is 5.75 Å². The van der Waals surface area contributed by atoms with Gasteiger partial charge < -0.3 is 19.9 Å². The highest BCUT2D eigenvalue weighted by atomic mass is 35.5. The second-order valence-corrected chi connectivity index (χ2v) is 10.6. The largest absolute Gasteiger partial charge is 0.497 e. The summed E-state index contributed by atoms with van der Waals surface area (Å²) in [6.07, 6.45) is -2.99. The molecule has 222 valence electrons. The normalized spacial score (nSPS) is 19.5. The number of anilines is 2. The number of hydrogen-bond donors (Lipinski definition) is 1. The van der Waals surface area contributed by atoms with E-state index in [-0.39, 0.29) is 17.1 Å². The van der Waals surface area contributed by atoms with Gasteiger partial charge in [-0.2, -0.15) is 0 Å². The number of rotatable bonds is 7. The molecule has 0 radical (unpaired) electrons. The third-order valence-electron chi connectivity index (χ3n) is 7.57. The summed E-state index contributed by atoms with van der Waals surface area (Å²) in [5.41, 5.74) is -0.856. The Balaban J connectivity index is 1.56. The van der Waals surface area contributed by atoms with E-state index in [9.17, 15) is 18.4 Å². The SMILES string of the molecule is COc1cc(F)c([C@@H]2CN(c3nc(N4CCN(C)CC4)ccc3C(F)F)C(=O)[C@H]2NC(=O)c2ccc(Cl)cc2)c(F)c1. The number of carbonyl (C=O) groups is 2. The number of pyridine rings is 1. The molecule has 5 rings (SSSR count). The van der Waals surface area contributed by atoms with Crippen molar-refractivity contribution in [3.05, 3.63) is 81.9 Å². The van der Waals surface area contributed by atoms with Crippen LogP contribution in [0.5, 0.6) is 5.75 Å². The van der Waals surface area contributed by atoms with Gasteiger partial charge in [0.25, 0.3) is 18.2 Å². The Kier molecular flexibility index (Phi) is 8.55. The molecule has 13 heteroatoms. The van der Waals surface area contributed by atoms with Crippen molar-refractivity contribution in [3.63, 3.8) is 0 Å². The third-order valence-corrected chi connectivity index (χ3v) is 7.83. The molecule has 42 heavy (non-hydrogen) atoms. The first kappa shape index (κ1) is 29.6. The fraction of sp³-hybridized carbons (Fsp3) is 0.345. The first-order valence-electron chi connectivity index (χ1n) is 13.2. The van der Waals surface area contributed by atoms with E-state index in [1.165, 1.54) is 43.5 Å². The van der Waals surface area contributed by atoms with E-state index in [4.69, 9.17) is 16.3 Å². The molecule has 3 heterocycles. The first-order chi connectivity index (χ1) is 20.1. The molecule has 8 nitrogen and oxygen atoms in total. The Morgan fingerprint density at radius 2 is 1.69 bits per heavy atom. The summed E-state index contributed by atoms with van der Waals surface area (Å²) in [6.45, 7) is 2.23. The Hall–Kier alpha value is -3.90. The molecule has 2 amide bonds. The molecule has 2 aliphatic heterocycles. The summed E-state index contributed by atoms with van der Waals surface area (Å²) < 4.78 is 64.0. The van der Waals surface area contributed by atoms with Gasteiger partial charge in [-0.25, -0.2) is 22.5 Å². The van der Waals surface area contributed by atoms with Crippen molar-refractivity contribution >= 4 is 35.1 Å². The maximum absolute atomic E-state index is 15.3. The fourth-order valence-corrected chi connectivity index (χ4v) is 5.38. The van der Waals surface area contributed by atoms with E-state index >= 15 is 8.78 Å². The van der Waals surface area contributed by atoms with E-state index < -0.39 is 59.5 Å². The predicted octanol–water partition coefficient (Wildman–Crippen LogP) is 4.64. The molecule has 2 aliphatic rings. The van der Waals surface area contributed by atoms with Crippen molar-refractivity contribution in [2.24, 2.45) is 0 Å². The number of ether oxygens (including phenoxy) is 1. The maximum Gasteiger partial charge on any atom is 0.267 e. The molecule has 0 spiro atoms. The number of hydrogen-bond acceptors (Lipinski definition) is 6. The number of halogens is 5. The van der Waals surface area contributed by atoms with Gasteiger partial charge >= 0.3 is 0 Å². The summed E-state index contributed by atoms with van der Waals surface area (Å²) in [7, 11) is 3.21. The van der Waals surface area contributed by atoms with Gasteiger partial charge in [-0.15, -0.1) is 0 Å². The quantitative estimate of drug-likeness (QED) is 0.396. The summed E-state index contributed by atoms with van der Waals surface area (Å²) in [4.78, 5) is 36.5. The number of benzene rings is 2. The summed E-state index contributed by atoms with van der Waals surface area (Å²) in [5, 5.41) is 2.93. The topological polar surface area (TPSA) is 78.0 Å². The lowest BCUT2D eigenvalue weighted by atomic mass is 9.92. The molecule has 3 aromatic rings. The number of likely N-dealkylation sites (N-methyl/N-ethyl adjacent to an activating group) is 1. The monoisotopic (exact) mass is 605 g/mol. The van der Waals surface area contributed by atoms with Crippen molar-refractivity contribution in [2.45, 2.75) is 18.4 Å². The summed E-state index contributed by atoms with van der Waals surface area (Å²) >= 11 is 5.92. The van der Waals surface area contributed by atoms with E-state index in [1.54, 1.807) is 0 Å². The van der Waals surface area contributed by atoms with Gasteiger partial charge in [0, 0.05) is 66.9 Å². The fourth-order valence-electron chi connectivity index (χ4n) is 5.25. The van der Waals surface area contributed by atoms with Crippen molar-refractivity contribution in [2.75, 3.05) is 56.7 Å². The van der Waals surface area contributed by atoms with Crippen LogP contribution in [0.2, 0.25) is 5.02 Å². The molecule has 2 aromatic carbocycles. The molecular weight excluding hydrogens is 578 g/mol. The lowest BCUT2D eigenvalue weighted by Gasteiger charge is -2.34. The molecule has 2 saturated heterocycles. The molecule has 0 unspecified atom stereocenters. The minimum atomic E-state index is -2.99. The van der Waals surface area contributed by atoms with Gasteiger partial charge in [0.1, 0.15) is 35.1 Å². The lowest BCUT2D eigenvalue weighted by Crippen LogP contribution is -2.45. The zero-order valence-corrected chi connectivity index (χ0v) is 23.5. The van der Waals surface area contributed by atoms with E-state index in [0.717, 1.165) is 30.1 Å². The van der Waals surface area contributed by atoms with Crippen molar-refractivity contribution in [1.82, 2.24) is 15.2 Å². The smallest absolute Gasteiger partial charge is 0.267 e. The van der Waals surface area contributed by atoms with Crippen LogP contribution in [-0.2, 0) is 4.79 Å². The van der Waals surface area contributed by atoms with Crippen LogP contribution in [0.4, 0.5) is 29.2 Å². The van der Waals surface area contributed by atoms with Gasteiger partial charge in [0.15, 0.2) is 0 Å². The average Bonchev–Trinajstić information content (AvgIpc) is 3.27. The highest BCUT2D eigenvalue weighted by molar-refractivity contribution is 6.30. The van der Waals surface area contributed by atoms with E-state index in [2.05, 4.69) is 15.2 Å². The lowest BCUT2D eigenvalue weighted by molar-refractivity contribution is -0.118. The highest BCUT2D eigenvalue weighted by Gasteiger charge is 2.46. The van der Waals surface area contributed by atoms with Crippen LogP contribution in [0.25, 0.3) is 0 Å². The Labute approximate surface area is 244 Å². The van der Waals surface area contributed by atoms with E-state index in [0.29, 0.717) is 23.9 Å². The molecule has 1 N–H and O–H groups in total. The molecule has 2 fully saturated rings. The molecule has 2 atom stereocenters. The van der Waals surface area contributed by atoms with Crippen LogP contribution in [0.3, 0.4) is 0 Å². The molecule has 0 bridgehead atoms. The first-order valence-corrected chi connectivity index (χ1v) is 13.6. The van der Waals surface area contributed by atoms with Gasteiger partial charge in [-0.1, -0.05) is 11.6 Å². The predicted molar refractivity (Wildman–Crippen MR) is 150 cm³/mol.